The third-order valence-corrected chi connectivity index (χ3v) is 7.88. The molecule has 0 radical (unpaired) electrons. The Kier molecular flexibility index (Phi) is 8.34. The predicted octanol–water partition coefficient (Wildman–Crippen LogP) is 2.52. The second-order valence-electron chi connectivity index (χ2n) is 9.86. The van der Waals surface area contributed by atoms with Crippen LogP contribution in [0.25, 0.3) is 0 Å². The Balaban J connectivity index is 1.20. The Morgan fingerprint density at radius 3 is 2.54 bits per heavy atom. The number of carbonyl (C=O) groups excluding carboxylic acids is 3. The molecular weight excluding hydrogens is 546 g/mol. The SMILES string of the molecule is Cc1cc(C(=O)NCC(=O)N2CC3(C[C@H]2C(=O)NCc2cc(C(=N)N)cs2)OCCO3)ccc1Oc1ccccc1. The highest BCUT2D eigenvalue weighted by molar-refractivity contribution is 7.10. The number of para-hydroxylation sites is 1. The number of carbonyl (C=O) groups is 3. The number of hydrogen-bond acceptors (Lipinski definition) is 8. The van der Waals surface area contributed by atoms with E-state index in [0.29, 0.717) is 35.8 Å². The summed E-state index contributed by atoms with van der Waals surface area (Å²) in [6, 6.07) is 15.3. The maximum Gasteiger partial charge on any atom is 0.251 e. The Morgan fingerprint density at radius 1 is 1.10 bits per heavy atom. The first-order valence-corrected chi connectivity index (χ1v) is 14.0. The van der Waals surface area contributed by atoms with Gasteiger partial charge in [-0.3, -0.25) is 19.8 Å². The van der Waals surface area contributed by atoms with Gasteiger partial charge in [-0.05, 0) is 48.9 Å². The van der Waals surface area contributed by atoms with Gasteiger partial charge in [-0.2, -0.15) is 0 Å². The summed E-state index contributed by atoms with van der Waals surface area (Å²) in [6.45, 7) is 2.60. The molecule has 1 aromatic heterocycles. The molecule has 5 N–H and O–H groups in total. The van der Waals surface area contributed by atoms with Gasteiger partial charge in [0.05, 0.1) is 32.8 Å². The molecule has 41 heavy (non-hydrogen) atoms. The molecule has 0 aliphatic carbocycles. The molecule has 0 unspecified atom stereocenters. The van der Waals surface area contributed by atoms with Crippen LogP contribution in [0.4, 0.5) is 0 Å². The van der Waals surface area contributed by atoms with E-state index in [1.165, 1.54) is 16.2 Å². The maximum atomic E-state index is 13.3. The van der Waals surface area contributed by atoms with Gasteiger partial charge in [-0.15, -0.1) is 11.3 Å². The summed E-state index contributed by atoms with van der Waals surface area (Å²) in [7, 11) is 0. The average Bonchev–Trinajstić information content (AvgIpc) is 3.72. The Hall–Kier alpha value is -4.26. The minimum absolute atomic E-state index is 0.0440. The molecule has 3 heterocycles. The Bertz CT molecular complexity index is 1450. The highest BCUT2D eigenvalue weighted by atomic mass is 32.1. The van der Waals surface area contributed by atoms with Crippen molar-refractivity contribution in [2.45, 2.75) is 31.7 Å². The van der Waals surface area contributed by atoms with Crippen molar-refractivity contribution in [3.8, 4) is 11.5 Å². The zero-order chi connectivity index (χ0) is 29.0. The standard InChI is InChI=1S/C29H31N5O6S/c1-18-11-19(7-8-24(18)40-21-5-3-2-4-6-21)27(36)33-15-25(35)34-17-29(38-9-10-39-29)13-23(34)28(37)32-14-22-12-20(16-41-22)26(30)31/h2-8,11-12,16,23H,9-10,13-15,17H2,1H3,(H3,30,31)(H,32,37)(H,33,36)/t23-/m0/s1. The molecule has 3 aromatic rings. The van der Waals surface area contributed by atoms with Crippen molar-refractivity contribution in [1.82, 2.24) is 15.5 Å². The summed E-state index contributed by atoms with van der Waals surface area (Å²) in [5.74, 6) is -0.984. The van der Waals surface area contributed by atoms with Gasteiger partial charge in [0, 0.05) is 27.8 Å². The van der Waals surface area contributed by atoms with Gasteiger partial charge >= 0.3 is 0 Å². The number of likely N-dealkylation sites (tertiary alicyclic amines) is 1. The molecule has 2 saturated heterocycles. The summed E-state index contributed by atoms with van der Waals surface area (Å²) in [5.41, 5.74) is 7.26. The van der Waals surface area contributed by atoms with Crippen LogP contribution in [0.2, 0.25) is 0 Å². The van der Waals surface area contributed by atoms with Crippen LogP contribution in [0.3, 0.4) is 0 Å². The number of nitrogens with one attached hydrogen (secondary N) is 3. The van der Waals surface area contributed by atoms with Gasteiger partial charge in [0.25, 0.3) is 5.91 Å². The monoisotopic (exact) mass is 577 g/mol. The number of amides is 3. The molecular formula is C29H31N5O6S. The molecule has 2 fully saturated rings. The third kappa shape index (κ3) is 6.56. The number of hydrogen-bond donors (Lipinski definition) is 4. The van der Waals surface area contributed by atoms with Crippen LogP contribution in [0.5, 0.6) is 11.5 Å². The van der Waals surface area contributed by atoms with E-state index in [2.05, 4.69) is 10.6 Å². The van der Waals surface area contributed by atoms with E-state index < -0.39 is 23.6 Å². The van der Waals surface area contributed by atoms with Gasteiger partial charge in [0.1, 0.15) is 23.4 Å². The second-order valence-corrected chi connectivity index (χ2v) is 10.9. The number of nitrogens with two attached hydrogens (primary N) is 1. The van der Waals surface area contributed by atoms with Crippen molar-refractivity contribution in [2.75, 3.05) is 26.3 Å². The first-order valence-electron chi connectivity index (χ1n) is 13.1. The Labute approximate surface area is 241 Å². The third-order valence-electron chi connectivity index (χ3n) is 6.94. The van der Waals surface area contributed by atoms with Gasteiger partial charge < -0.3 is 35.5 Å². The van der Waals surface area contributed by atoms with E-state index in [0.717, 1.165) is 10.4 Å². The Morgan fingerprint density at radius 2 is 1.85 bits per heavy atom. The van der Waals surface area contributed by atoms with E-state index in [4.69, 9.17) is 25.4 Å². The lowest BCUT2D eigenvalue weighted by Crippen LogP contribution is -2.49. The number of thiophene rings is 1. The zero-order valence-corrected chi connectivity index (χ0v) is 23.3. The van der Waals surface area contributed by atoms with Crippen LogP contribution >= 0.6 is 11.3 Å². The molecule has 12 heteroatoms. The molecule has 11 nitrogen and oxygen atoms in total. The molecule has 2 aliphatic heterocycles. The zero-order valence-electron chi connectivity index (χ0n) is 22.5. The van der Waals surface area contributed by atoms with E-state index in [1.54, 1.807) is 29.6 Å². The van der Waals surface area contributed by atoms with Gasteiger partial charge in [-0.25, -0.2) is 0 Å². The fraction of sp³-hybridized carbons (Fsp3) is 0.310. The summed E-state index contributed by atoms with van der Waals surface area (Å²) in [5, 5.41) is 14.8. The molecule has 1 spiro atoms. The predicted molar refractivity (Wildman–Crippen MR) is 152 cm³/mol. The molecule has 0 bridgehead atoms. The van der Waals surface area contributed by atoms with E-state index >= 15 is 0 Å². The topological polar surface area (TPSA) is 156 Å². The first-order chi connectivity index (χ1) is 19.7. The maximum absolute atomic E-state index is 13.3. The largest absolute Gasteiger partial charge is 0.457 e. The van der Waals surface area contributed by atoms with Crippen molar-refractivity contribution in [3.05, 3.63) is 81.5 Å². The molecule has 5 rings (SSSR count). The first kappa shape index (κ1) is 28.3. The highest BCUT2D eigenvalue weighted by Crippen LogP contribution is 2.35. The van der Waals surface area contributed by atoms with Crippen molar-refractivity contribution in [3.63, 3.8) is 0 Å². The molecule has 0 saturated carbocycles. The number of nitrogen functional groups attached to an aromatic ring is 1. The minimum atomic E-state index is -1.04. The summed E-state index contributed by atoms with van der Waals surface area (Å²) in [6.07, 6.45) is 0.184. The molecule has 2 aromatic carbocycles. The summed E-state index contributed by atoms with van der Waals surface area (Å²) >= 11 is 1.38. The van der Waals surface area contributed by atoms with E-state index in [-0.39, 0.29) is 37.8 Å². The second kappa shape index (κ2) is 12.1. The lowest BCUT2D eigenvalue weighted by Gasteiger charge is -2.24. The lowest BCUT2D eigenvalue weighted by molar-refractivity contribution is -0.152. The van der Waals surface area contributed by atoms with Gasteiger partial charge in [-0.1, -0.05) is 18.2 Å². The lowest BCUT2D eigenvalue weighted by atomic mass is 10.1. The van der Waals surface area contributed by atoms with Crippen LogP contribution in [0.1, 0.15) is 32.8 Å². The normalized spacial score (nSPS) is 17.4. The quantitative estimate of drug-likeness (QED) is 0.225. The number of amidine groups is 1. The van der Waals surface area contributed by atoms with Gasteiger partial charge in [0.15, 0.2) is 5.79 Å². The summed E-state index contributed by atoms with van der Waals surface area (Å²) < 4.78 is 17.5. The van der Waals surface area contributed by atoms with Crippen molar-refractivity contribution in [2.24, 2.45) is 5.73 Å². The molecule has 3 amide bonds. The van der Waals surface area contributed by atoms with Crippen LogP contribution in [0.15, 0.2) is 60.0 Å². The fourth-order valence-electron chi connectivity index (χ4n) is 4.83. The molecule has 1 atom stereocenters. The van der Waals surface area contributed by atoms with Crippen LogP contribution < -0.4 is 21.1 Å². The van der Waals surface area contributed by atoms with Crippen LogP contribution in [0, 0.1) is 12.3 Å². The van der Waals surface area contributed by atoms with Crippen molar-refractivity contribution >= 4 is 34.9 Å². The van der Waals surface area contributed by atoms with E-state index in [9.17, 15) is 14.4 Å². The fourth-order valence-corrected chi connectivity index (χ4v) is 5.65. The number of rotatable bonds is 9. The highest BCUT2D eigenvalue weighted by Gasteiger charge is 2.52. The molecule has 2 aliphatic rings. The molecule has 214 valence electrons. The van der Waals surface area contributed by atoms with Gasteiger partial charge in [0.2, 0.25) is 11.8 Å². The van der Waals surface area contributed by atoms with Crippen molar-refractivity contribution < 1.29 is 28.6 Å². The minimum Gasteiger partial charge on any atom is -0.457 e. The van der Waals surface area contributed by atoms with E-state index in [1.807, 2.05) is 37.3 Å². The van der Waals surface area contributed by atoms with Crippen molar-refractivity contribution in [1.29, 1.82) is 5.41 Å². The number of benzene rings is 2. The average molecular weight is 578 g/mol. The van der Waals surface area contributed by atoms with Crippen LogP contribution in [-0.2, 0) is 25.6 Å². The summed E-state index contributed by atoms with van der Waals surface area (Å²) in [4.78, 5) is 41.6. The smallest absolute Gasteiger partial charge is 0.251 e. The number of ether oxygens (including phenoxy) is 3. The number of aryl methyl sites for hydroxylation is 1. The number of nitrogens with zero attached hydrogens (tertiary/aromatic N) is 1. The van der Waals surface area contributed by atoms with Crippen LogP contribution in [-0.4, -0.2) is 66.6 Å².